The summed E-state index contributed by atoms with van der Waals surface area (Å²) < 4.78 is 148. The van der Waals surface area contributed by atoms with Gasteiger partial charge in [-0.1, -0.05) is 6.92 Å². The Morgan fingerprint density at radius 2 is 0.955 bits per heavy atom. The lowest BCUT2D eigenvalue weighted by molar-refractivity contribution is -0.526. The summed E-state index contributed by atoms with van der Waals surface area (Å²) in [6.45, 7) is 1.07. The Hall–Kier alpha value is -0.593. The average Bonchev–Trinajstić information content (AvgIpc) is 2.35. The van der Waals surface area contributed by atoms with E-state index in [0.29, 0.717) is 0 Å². The molecule has 0 aromatic heterocycles. The summed E-state index contributed by atoms with van der Waals surface area (Å²) in [7, 11) is -0.485. The van der Waals surface area contributed by atoms with E-state index >= 15 is 0 Å². The Morgan fingerprint density at radius 3 is 1.23 bits per heavy atom. The van der Waals surface area contributed by atoms with Gasteiger partial charge in [-0.05, 0) is 6.42 Å². The fourth-order valence-electron chi connectivity index (χ4n) is 1.70. The monoisotopic (exact) mass is 370 g/mol. The van der Waals surface area contributed by atoms with Crippen LogP contribution in [0.25, 0.3) is 0 Å². The van der Waals surface area contributed by atoms with E-state index in [2.05, 4.69) is 4.74 Å². The minimum atomic E-state index is -7.20. The van der Waals surface area contributed by atoms with Crippen LogP contribution in [0.3, 0.4) is 0 Å². The molecule has 0 aromatic carbocycles. The molecule has 1 atom stereocenters. The van der Waals surface area contributed by atoms with E-state index in [9.17, 15) is 48.3 Å². The van der Waals surface area contributed by atoms with E-state index in [-0.39, 0.29) is 0 Å². The topological polar surface area (TPSA) is 9.23 Å². The van der Waals surface area contributed by atoms with Gasteiger partial charge in [0, 0.05) is 16.0 Å². The third-order valence-electron chi connectivity index (χ3n) is 3.32. The Morgan fingerprint density at radius 1 is 0.682 bits per heavy atom. The van der Waals surface area contributed by atoms with E-state index < -0.39 is 57.9 Å². The van der Waals surface area contributed by atoms with Crippen molar-refractivity contribution in [2.75, 3.05) is 0 Å². The molecule has 132 valence electrons. The van der Waals surface area contributed by atoms with Gasteiger partial charge in [-0.2, -0.15) is 48.3 Å². The molecule has 0 bridgehead atoms. The van der Waals surface area contributed by atoms with Gasteiger partial charge in [-0.25, -0.2) is 0 Å². The molecule has 1 aliphatic carbocycles. The highest BCUT2D eigenvalue weighted by atomic mass is 28.1. The van der Waals surface area contributed by atoms with E-state index in [4.69, 9.17) is 0 Å². The third kappa shape index (κ3) is 1.80. The second-order valence-electron chi connectivity index (χ2n) is 4.80. The van der Waals surface area contributed by atoms with Crippen LogP contribution in [-0.2, 0) is 4.74 Å². The first-order valence-electron chi connectivity index (χ1n) is 5.71. The van der Waals surface area contributed by atoms with Crippen molar-refractivity contribution in [2.45, 2.75) is 54.5 Å². The van der Waals surface area contributed by atoms with E-state index in [0.717, 1.165) is 6.92 Å². The number of alkyl halides is 11. The zero-order chi connectivity index (χ0) is 18.0. The van der Waals surface area contributed by atoms with Gasteiger partial charge in [-0.15, -0.1) is 0 Å². The molecular weight excluding hydrogens is 361 g/mol. The predicted octanol–water partition coefficient (Wildman–Crippen LogP) is 2.96. The van der Waals surface area contributed by atoms with Crippen molar-refractivity contribution in [3.05, 3.63) is 0 Å². The van der Waals surface area contributed by atoms with Crippen LogP contribution in [0.15, 0.2) is 0 Å². The minimum Gasteiger partial charge on any atom is -0.337 e. The molecule has 1 saturated carbocycles. The number of hydrogen-bond donors (Lipinski definition) is 0. The second kappa shape index (κ2) is 4.71. The fourth-order valence-corrected chi connectivity index (χ4v) is 2.03. The summed E-state index contributed by atoms with van der Waals surface area (Å²) in [5.74, 6) is -41.5. The van der Waals surface area contributed by atoms with Crippen LogP contribution < -0.4 is 0 Å². The third-order valence-corrected chi connectivity index (χ3v) is 4.38. The molecule has 0 aromatic rings. The molecular formula is C9H9F11OSi. The van der Waals surface area contributed by atoms with Crippen LogP contribution in [0, 0.1) is 0 Å². The summed E-state index contributed by atoms with van der Waals surface area (Å²) in [5.41, 5.74) is -1.82. The molecule has 1 nitrogen and oxygen atoms in total. The van der Waals surface area contributed by atoms with Gasteiger partial charge in [-0.3, -0.25) is 0 Å². The maximum atomic E-state index is 13.9. The highest BCUT2D eigenvalue weighted by Gasteiger charge is 3.02. The number of hydrogen-bond acceptors (Lipinski definition) is 1. The molecule has 22 heavy (non-hydrogen) atoms. The predicted molar refractivity (Wildman–Crippen MR) is 53.7 cm³/mol. The smallest absolute Gasteiger partial charge is 0.337 e. The number of rotatable bonds is 3. The van der Waals surface area contributed by atoms with Crippen LogP contribution in [0.5, 0.6) is 0 Å². The molecule has 0 aliphatic heterocycles. The maximum Gasteiger partial charge on any atom is 0.384 e. The summed E-state index contributed by atoms with van der Waals surface area (Å²) in [5, 5.41) is 0. The first-order chi connectivity index (χ1) is 9.45. The van der Waals surface area contributed by atoms with Crippen molar-refractivity contribution >= 4 is 10.2 Å². The van der Waals surface area contributed by atoms with Gasteiger partial charge in [0.05, 0.1) is 0 Å². The normalized spacial score (nSPS) is 31.6. The SMILES string of the molecule is CCC([SiH3])OC1(F)C(F)(F)C(F)(F)C(F)(F)C(F)(F)C1(F)F. The van der Waals surface area contributed by atoms with Crippen molar-refractivity contribution in [2.24, 2.45) is 0 Å². The van der Waals surface area contributed by atoms with E-state index in [1.807, 2.05) is 0 Å². The first-order valence-corrected chi connectivity index (χ1v) is 6.87. The molecule has 1 fully saturated rings. The van der Waals surface area contributed by atoms with Crippen LogP contribution >= 0.6 is 0 Å². The summed E-state index contributed by atoms with van der Waals surface area (Å²) in [4.78, 5) is 0. The van der Waals surface area contributed by atoms with Crippen molar-refractivity contribution in [3.8, 4) is 0 Å². The number of halogens is 11. The average molecular weight is 370 g/mol. The van der Waals surface area contributed by atoms with Crippen molar-refractivity contribution in [1.29, 1.82) is 0 Å². The van der Waals surface area contributed by atoms with Gasteiger partial charge < -0.3 is 4.74 Å². The molecule has 13 heteroatoms. The molecule has 0 saturated heterocycles. The lowest BCUT2D eigenvalue weighted by Crippen LogP contribution is -2.84. The van der Waals surface area contributed by atoms with Gasteiger partial charge in [0.25, 0.3) is 0 Å². The summed E-state index contributed by atoms with van der Waals surface area (Å²) >= 11 is 0. The highest BCUT2D eigenvalue weighted by Crippen LogP contribution is 2.69. The Balaban J connectivity index is 3.69. The Kier molecular flexibility index (Phi) is 4.16. The zero-order valence-corrected chi connectivity index (χ0v) is 12.9. The van der Waals surface area contributed by atoms with E-state index in [1.54, 1.807) is 0 Å². The molecule has 0 radical (unpaired) electrons. The largest absolute Gasteiger partial charge is 0.384 e. The van der Waals surface area contributed by atoms with Crippen LogP contribution in [-0.4, -0.2) is 51.4 Å². The van der Waals surface area contributed by atoms with Gasteiger partial charge in [0.1, 0.15) is 0 Å². The minimum absolute atomic E-state index is 0.461. The molecule has 1 unspecified atom stereocenters. The molecule has 0 N–H and O–H groups in total. The Bertz CT molecular complexity index is 419. The van der Waals surface area contributed by atoms with Crippen LogP contribution in [0.4, 0.5) is 48.3 Å². The summed E-state index contributed by atoms with van der Waals surface area (Å²) in [6, 6.07) is 0. The molecule has 1 aliphatic rings. The van der Waals surface area contributed by atoms with Crippen molar-refractivity contribution < 1.29 is 53.0 Å². The first kappa shape index (κ1) is 19.5. The molecule has 0 amide bonds. The van der Waals surface area contributed by atoms with E-state index in [1.165, 1.54) is 0 Å². The summed E-state index contributed by atoms with van der Waals surface area (Å²) in [6.07, 6.45) is -0.461. The fraction of sp³-hybridized carbons (Fsp3) is 1.00. The zero-order valence-electron chi connectivity index (χ0n) is 10.9. The number of ether oxygens (including phenoxy) is 1. The maximum absolute atomic E-state index is 13.9. The van der Waals surface area contributed by atoms with Crippen molar-refractivity contribution in [1.82, 2.24) is 0 Å². The van der Waals surface area contributed by atoms with Gasteiger partial charge in [0.2, 0.25) is 0 Å². The van der Waals surface area contributed by atoms with Crippen LogP contribution in [0.2, 0.25) is 0 Å². The Labute approximate surface area is 119 Å². The van der Waals surface area contributed by atoms with Crippen LogP contribution in [0.1, 0.15) is 13.3 Å². The lowest BCUT2D eigenvalue weighted by atomic mass is 9.78. The van der Waals surface area contributed by atoms with Gasteiger partial charge in [0.15, 0.2) is 0 Å². The quantitative estimate of drug-likeness (QED) is 0.548. The molecule has 1 rings (SSSR count). The van der Waals surface area contributed by atoms with Crippen molar-refractivity contribution in [3.63, 3.8) is 0 Å². The van der Waals surface area contributed by atoms with Gasteiger partial charge >= 0.3 is 35.5 Å². The standard InChI is InChI=1S/C9H9F11OSi/c1-2-3(22)21-9(20)7(16,17)5(12,13)4(10,11)6(14,15)8(9,18)19/h3H,2H2,1,22H3. The molecule has 0 spiro atoms. The second-order valence-corrected chi connectivity index (χ2v) is 6.09. The highest BCUT2D eigenvalue weighted by molar-refractivity contribution is 6.10. The lowest BCUT2D eigenvalue weighted by Gasteiger charge is -2.52. The molecule has 0 heterocycles.